The summed E-state index contributed by atoms with van der Waals surface area (Å²) in [6.07, 6.45) is 1.98. The number of nitrogens with one attached hydrogen (secondary N) is 2. The van der Waals surface area contributed by atoms with Gasteiger partial charge in [-0.15, -0.1) is 24.0 Å². The number of hydrogen-bond donors (Lipinski definition) is 2. The van der Waals surface area contributed by atoms with Gasteiger partial charge in [-0.2, -0.15) is 0 Å². The number of guanidine groups is 1. The topological polar surface area (TPSA) is 58.1 Å². The number of benzene rings is 1. The summed E-state index contributed by atoms with van der Waals surface area (Å²) in [4.78, 5) is 7.14. The van der Waals surface area contributed by atoms with Gasteiger partial charge in [-0.25, -0.2) is 0 Å². The Kier molecular flexibility index (Phi) is 13.3. The predicted octanol–water partition coefficient (Wildman–Crippen LogP) is 2.52. The summed E-state index contributed by atoms with van der Waals surface area (Å²) >= 11 is 0. The van der Waals surface area contributed by atoms with Crippen molar-refractivity contribution in [3.63, 3.8) is 0 Å². The smallest absolute Gasteiger partial charge is 0.191 e. The van der Waals surface area contributed by atoms with E-state index in [-0.39, 0.29) is 24.0 Å². The van der Waals surface area contributed by atoms with Crippen molar-refractivity contribution in [2.24, 2.45) is 4.99 Å². The molecular formula is C20H35IN4O2. The van der Waals surface area contributed by atoms with Crippen LogP contribution in [0.25, 0.3) is 0 Å². The summed E-state index contributed by atoms with van der Waals surface area (Å²) in [6.45, 7) is 12.2. The molecule has 2 rings (SSSR count). The van der Waals surface area contributed by atoms with E-state index in [9.17, 15) is 0 Å². The van der Waals surface area contributed by atoms with Crippen LogP contribution in [0.5, 0.6) is 5.75 Å². The number of halogens is 1. The average molecular weight is 490 g/mol. The number of aliphatic imine (C=N–C) groups is 1. The average Bonchev–Trinajstić information content (AvgIpc) is 2.67. The monoisotopic (exact) mass is 490 g/mol. The van der Waals surface area contributed by atoms with Crippen molar-refractivity contribution in [3.8, 4) is 5.75 Å². The second-order valence-corrected chi connectivity index (χ2v) is 6.29. The number of nitrogens with zero attached hydrogens (tertiary/aromatic N) is 2. The van der Waals surface area contributed by atoms with Crippen LogP contribution in [0.3, 0.4) is 0 Å². The Balaban J connectivity index is 0.00000364. The van der Waals surface area contributed by atoms with E-state index in [0.717, 1.165) is 77.0 Å². The molecule has 1 aromatic rings. The lowest BCUT2D eigenvalue weighted by Crippen LogP contribution is -2.39. The molecule has 0 unspecified atom stereocenters. The molecule has 2 N–H and O–H groups in total. The maximum Gasteiger partial charge on any atom is 0.191 e. The lowest BCUT2D eigenvalue weighted by atomic mass is 10.1. The van der Waals surface area contributed by atoms with Gasteiger partial charge in [-0.05, 0) is 38.3 Å². The Bertz CT molecular complexity index is 536. The summed E-state index contributed by atoms with van der Waals surface area (Å²) in [5.74, 6) is 1.87. The molecule has 1 heterocycles. The second-order valence-electron chi connectivity index (χ2n) is 6.29. The molecule has 1 aliphatic heterocycles. The Morgan fingerprint density at radius 3 is 2.70 bits per heavy atom. The molecule has 27 heavy (non-hydrogen) atoms. The van der Waals surface area contributed by atoms with Crippen LogP contribution in [-0.2, 0) is 11.2 Å². The number of morpholine rings is 1. The molecule has 1 aliphatic rings. The van der Waals surface area contributed by atoms with Gasteiger partial charge in [0.1, 0.15) is 5.75 Å². The van der Waals surface area contributed by atoms with Gasteiger partial charge in [0, 0.05) is 39.3 Å². The molecule has 0 atom stereocenters. The van der Waals surface area contributed by atoms with Crippen LogP contribution in [-0.4, -0.2) is 69.9 Å². The molecule has 0 aliphatic carbocycles. The Morgan fingerprint density at radius 1 is 1.19 bits per heavy atom. The van der Waals surface area contributed by atoms with Crippen molar-refractivity contribution in [3.05, 3.63) is 29.8 Å². The third-order valence-corrected chi connectivity index (χ3v) is 4.31. The van der Waals surface area contributed by atoms with Gasteiger partial charge in [-0.3, -0.25) is 9.89 Å². The quantitative estimate of drug-likeness (QED) is 0.229. The van der Waals surface area contributed by atoms with E-state index in [0.29, 0.717) is 6.61 Å². The predicted molar refractivity (Wildman–Crippen MR) is 123 cm³/mol. The Hall–Kier alpha value is -1.06. The van der Waals surface area contributed by atoms with Crippen LogP contribution < -0.4 is 15.4 Å². The fourth-order valence-electron chi connectivity index (χ4n) is 2.97. The van der Waals surface area contributed by atoms with Crippen molar-refractivity contribution in [1.82, 2.24) is 15.5 Å². The highest BCUT2D eigenvalue weighted by molar-refractivity contribution is 14.0. The van der Waals surface area contributed by atoms with Crippen molar-refractivity contribution in [1.29, 1.82) is 0 Å². The van der Waals surface area contributed by atoms with E-state index in [1.165, 1.54) is 5.56 Å². The van der Waals surface area contributed by atoms with Crippen LogP contribution in [0, 0.1) is 0 Å². The van der Waals surface area contributed by atoms with E-state index < -0.39 is 0 Å². The standard InChI is InChI=1S/C20H34N4O2.HI/c1-3-21-20(22-11-7-13-24-14-16-25-17-15-24)23-12-10-18-8-5-6-9-19(18)26-4-2;/h5-6,8-9H,3-4,7,10-17H2,1-2H3,(H2,21,22,23);1H. The van der Waals surface area contributed by atoms with E-state index in [1.54, 1.807) is 0 Å². The minimum atomic E-state index is 0. The molecule has 1 aromatic carbocycles. The third kappa shape index (κ3) is 9.62. The molecule has 0 bridgehead atoms. The van der Waals surface area contributed by atoms with Gasteiger partial charge < -0.3 is 20.1 Å². The first-order chi connectivity index (χ1) is 12.8. The van der Waals surface area contributed by atoms with Gasteiger partial charge >= 0.3 is 0 Å². The van der Waals surface area contributed by atoms with E-state index in [1.807, 2.05) is 19.1 Å². The van der Waals surface area contributed by atoms with Crippen molar-refractivity contribution < 1.29 is 9.47 Å². The number of rotatable bonds is 10. The maximum atomic E-state index is 5.69. The first kappa shape index (κ1) is 24.0. The fourth-order valence-corrected chi connectivity index (χ4v) is 2.97. The Labute approximate surface area is 181 Å². The zero-order valence-electron chi connectivity index (χ0n) is 16.7. The normalized spacial score (nSPS) is 15.1. The minimum absolute atomic E-state index is 0. The molecule has 0 amide bonds. The summed E-state index contributed by atoms with van der Waals surface area (Å²) in [7, 11) is 0. The maximum absolute atomic E-state index is 5.69. The first-order valence-corrected chi connectivity index (χ1v) is 9.86. The molecule has 6 nitrogen and oxygen atoms in total. The highest BCUT2D eigenvalue weighted by Gasteiger charge is 2.09. The van der Waals surface area contributed by atoms with Gasteiger partial charge in [0.05, 0.1) is 19.8 Å². The molecule has 1 fully saturated rings. The van der Waals surface area contributed by atoms with Crippen LogP contribution in [0.15, 0.2) is 29.3 Å². The zero-order valence-corrected chi connectivity index (χ0v) is 19.0. The van der Waals surface area contributed by atoms with Gasteiger partial charge in [0.2, 0.25) is 0 Å². The summed E-state index contributed by atoms with van der Waals surface area (Å²) in [6, 6.07) is 8.23. The van der Waals surface area contributed by atoms with Crippen LogP contribution in [0.1, 0.15) is 25.8 Å². The van der Waals surface area contributed by atoms with E-state index in [2.05, 4.69) is 34.6 Å². The van der Waals surface area contributed by atoms with E-state index in [4.69, 9.17) is 14.5 Å². The molecule has 0 aromatic heterocycles. The number of para-hydroxylation sites is 1. The summed E-state index contributed by atoms with van der Waals surface area (Å²) in [5, 5.41) is 6.75. The number of hydrogen-bond acceptors (Lipinski definition) is 4. The molecular weight excluding hydrogens is 455 g/mol. The third-order valence-electron chi connectivity index (χ3n) is 4.31. The molecule has 0 spiro atoms. The lowest BCUT2D eigenvalue weighted by molar-refractivity contribution is 0.0377. The van der Waals surface area contributed by atoms with E-state index >= 15 is 0 Å². The van der Waals surface area contributed by atoms with Crippen molar-refractivity contribution in [2.45, 2.75) is 26.7 Å². The zero-order chi connectivity index (χ0) is 18.5. The SMILES string of the molecule is CCNC(=NCCCN1CCOCC1)NCCc1ccccc1OCC.I. The number of ether oxygens (including phenoxy) is 2. The molecule has 0 radical (unpaired) electrons. The highest BCUT2D eigenvalue weighted by Crippen LogP contribution is 2.17. The van der Waals surface area contributed by atoms with Crippen LogP contribution >= 0.6 is 24.0 Å². The lowest BCUT2D eigenvalue weighted by Gasteiger charge is -2.26. The summed E-state index contributed by atoms with van der Waals surface area (Å²) < 4.78 is 11.1. The van der Waals surface area contributed by atoms with Crippen LogP contribution in [0.2, 0.25) is 0 Å². The molecule has 1 saturated heterocycles. The van der Waals surface area contributed by atoms with Gasteiger partial charge in [-0.1, -0.05) is 18.2 Å². The fraction of sp³-hybridized carbons (Fsp3) is 0.650. The highest BCUT2D eigenvalue weighted by atomic mass is 127. The molecule has 154 valence electrons. The molecule has 0 saturated carbocycles. The first-order valence-electron chi connectivity index (χ1n) is 9.86. The van der Waals surface area contributed by atoms with Crippen molar-refractivity contribution in [2.75, 3.05) is 59.1 Å². The Morgan fingerprint density at radius 2 is 1.96 bits per heavy atom. The summed E-state index contributed by atoms with van der Waals surface area (Å²) in [5.41, 5.74) is 1.23. The van der Waals surface area contributed by atoms with Gasteiger partial charge in [0.25, 0.3) is 0 Å². The van der Waals surface area contributed by atoms with Crippen LogP contribution in [0.4, 0.5) is 0 Å². The molecule has 7 heteroatoms. The second kappa shape index (κ2) is 14.9. The van der Waals surface area contributed by atoms with Gasteiger partial charge in [0.15, 0.2) is 5.96 Å². The largest absolute Gasteiger partial charge is 0.494 e. The minimum Gasteiger partial charge on any atom is -0.494 e. The van der Waals surface area contributed by atoms with Crippen molar-refractivity contribution >= 4 is 29.9 Å².